The van der Waals surface area contributed by atoms with Crippen LogP contribution in [0.1, 0.15) is 43.9 Å². The van der Waals surface area contributed by atoms with E-state index in [-0.39, 0.29) is 12.1 Å². The molecule has 0 fully saturated rings. The zero-order valence-corrected chi connectivity index (χ0v) is 13.1. The molecular formula is C17H27NO2. The molecule has 0 aliphatic heterocycles. The molecule has 112 valence electrons. The molecule has 1 aromatic carbocycles. The maximum absolute atomic E-state index is 6.12. The van der Waals surface area contributed by atoms with Gasteiger partial charge in [0.05, 0.1) is 19.3 Å². The summed E-state index contributed by atoms with van der Waals surface area (Å²) >= 11 is 0. The molecule has 1 N–H and O–H groups in total. The molecule has 0 aromatic heterocycles. The normalized spacial score (nSPS) is 21.9. The van der Waals surface area contributed by atoms with Crippen LogP contribution in [0.25, 0.3) is 0 Å². The van der Waals surface area contributed by atoms with E-state index in [1.807, 2.05) is 13.1 Å². The van der Waals surface area contributed by atoms with Crippen LogP contribution < -0.4 is 10.1 Å². The molecule has 3 nitrogen and oxygen atoms in total. The highest BCUT2D eigenvalue weighted by atomic mass is 16.5. The first-order chi connectivity index (χ1) is 9.65. The molecule has 0 bridgehead atoms. The Labute approximate surface area is 122 Å². The first kappa shape index (κ1) is 15.3. The number of fused-ring (bicyclic) bond motifs is 1. The van der Waals surface area contributed by atoms with Gasteiger partial charge in [0, 0.05) is 6.61 Å². The van der Waals surface area contributed by atoms with E-state index < -0.39 is 0 Å². The van der Waals surface area contributed by atoms with Crippen LogP contribution in [0, 0.1) is 5.92 Å². The number of ether oxygens (including phenoxy) is 2. The lowest BCUT2D eigenvalue weighted by Crippen LogP contribution is -2.36. The molecule has 1 aliphatic rings. The second kappa shape index (κ2) is 7.09. The second-order valence-corrected chi connectivity index (χ2v) is 5.96. The molecule has 2 atom stereocenters. The lowest BCUT2D eigenvalue weighted by atomic mass is 9.85. The van der Waals surface area contributed by atoms with Crippen LogP contribution in [0.5, 0.6) is 5.75 Å². The predicted octanol–water partition coefficient (Wildman–Crippen LogP) is 3.33. The van der Waals surface area contributed by atoms with Gasteiger partial charge in [-0.25, -0.2) is 0 Å². The van der Waals surface area contributed by atoms with Crippen LogP contribution in [0.4, 0.5) is 0 Å². The zero-order chi connectivity index (χ0) is 14.5. The van der Waals surface area contributed by atoms with Gasteiger partial charge in [-0.15, -0.1) is 0 Å². The highest BCUT2D eigenvalue weighted by Gasteiger charge is 2.29. The van der Waals surface area contributed by atoms with Gasteiger partial charge in [0.2, 0.25) is 0 Å². The van der Waals surface area contributed by atoms with E-state index in [1.165, 1.54) is 11.1 Å². The molecule has 3 heteroatoms. The highest BCUT2D eigenvalue weighted by Crippen LogP contribution is 2.34. The minimum absolute atomic E-state index is 0.262. The van der Waals surface area contributed by atoms with Gasteiger partial charge >= 0.3 is 0 Å². The largest absolute Gasteiger partial charge is 0.497 e. The maximum atomic E-state index is 6.12. The molecule has 0 spiro atoms. The Balaban J connectivity index is 2.10. The van der Waals surface area contributed by atoms with E-state index in [4.69, 9.17) is 9.47 Å². The topological polar surface area (TPSA) is 30.5 Å². The molecule has 0 saturated heterocycles. The summed E-state index contributed by atoms with van der Waals surface area (Å²) in [6, 6.07) is 6.64. The van der Waals surface area contributed by atoms with Crippen LogP contribution in [0.15, 0.2) is 18.2 Å². The number of rotatable bonds is 6. The van der Waals surface area contributed by atoms with Crippen molar-refractivity contribution in [3.05, 3.63) is 29.3 Å². The van der Waals surface area contributed by atoms with Crippen molar-refractivity contribution in [2.24, 2.45) is 5.92 Å². The lowest BCUT2D eigenvalue weighted by molar-refractivity contribution is 0.0123. The monoisotopic (exact) mass is 277 g/mol. The number of likely N-dealkylation sites (N-methyl/N-ethyl adjacent to an activating group) is 1. The fourth-order valence-electron chi connectivity index (χ4n) is 2.86. The van der Waals surface area contributed by atoms with Crippen LogP contribution in [-0.4, -0.2) is 26.9 Å². The Bertz CT molecular complexity index is 431. The van der Waals surface area contributed by atoms with Crippen molar-refractivity contribution in [3.8, 4) is 5.75 Å². The SMILES string of the molecule is CNC1c2cc(OC)ccc2CCC1OCCC(C)C. The van der Waals surface area contributed by atoms with Gasteiger partial charge in [0.25, 0.3) is 0 Å². The van der Waals surface area contributed by atoms with Crippen molar-refractivity contribution < 1.29 is 9.47 Å². The Morgan fingerprint density at radius 3 is 2.80 bits per heavy atom. The molecule has 0 saturated carbocycles. The third-order valence-corrected chi connectivity index (χ3v) is 4.10. The van der Waals surface area contributed by atoms with Crippen molar-refractivity contribution >= 4 is 0 Å². The van der Waals surface area contributed by atoms with Crippen molar-refractivity contribution in [3.63, 3.8) is 0 Å². The summed E-state index contributed by atoms with van der Waals surface area (Å²) in [5.74, 6) is 1.62. The molecule has 0 heterocycles. The van der Waals surface area contributed by atoms with Crippen molar-refractivity contribution in [2.45, 2.75) is 45.3 Å². The number of aryl methyl sites for hydroxylation is 1. The molecule has 0 amide bonds. The molecule has 2 rings (SSSR count). The summed E-state index contributed by atoms with van der Waals surface area (Å²) in [7, 11) is 3.73. The maximum Gasteiger partial charge on any atom is 0.119 e. The van der Waals surface area contributed by atoms with Crippen molar-refractivity contribution in [1.82, 2.24) is 5.32 Å². The third kappa shape index (κ3) is 3.53. The van der Waals surface area contributed by atoms with Crippen LogP contribution in [0.3, 0.4) is 0 Å². The summed E-state index contributed by atoms with van der Waals surface area (Å²) in [4.78, 5) is 0. The van der Waals surface area contributed by atoms with Crippen molar-refractivity contribution in [1.29, 1.82) is 0 Å². The number of benzene rings is 1. The van der Waals surface area contributed by atoms with Gasteiger partial charge in [-0.3, -0.25) is 0 Å². The minimum atomic E-state index is 0.262. The minimum Gasteiger partial charge on any atom is -0.497 e. The first-order valence-electron chi connectivity index (χ1n) is 7.61. The fraction of sp³-hybridized carbons (Fsp3) is 0.647. The quantitative estimate of drug-likeness (QED) is 0.865. The summed E-state index contributed by atoms with van der Waals surface area (Å²) < 4.78 is 11.5. The summed E-state index contributed by atoms with van der Waals surface area (Å²) in [6.45, 7) is 5.32. The summed E-state index contributed by atoms with van der Waals surface area (Å²) in [5, 5.41) is 3.42. The number of hydrogen-bond acceptors (Lipinski definition) is 3. The molecule has 20 heavy (non-hydrogen) atoms. The average molecular weight is 277 g/mol. The molecule has 1 aliphatic carbocycles. The van der Waals surface area contributed by atoms with Crippen LogP contribution >= 0.6 is 0 Å². The predicted molar refractivity (Wildman–Crippen MR) is 82.3 cm³/mol. The highest BCUT2D eigenvalue weighted by molar-refractivity contribution is 5.40. The van der Waals surface area contributed by atoms with Gasteiger partial charge in [-0.1, -0.05) is 19.9 Å². The van der Waals surface area contributed by atoms with Gasteiger partial charge in [-0.05, 0) is 55.5 Å². The Kier molecular flexibility index (Phi) is 5.44. The number of methoxy groups -OCH3 is 1. The second-order valence-electron chi connectivity index (χ2n) is 5.96. The first-order valence-corrected chi connectivity index (χ1v) is 7.61. The molecule has 0 radical (unpaired) electrons. The van der Waals surface area contributed by atoms with Crippen molar-refractivity contribution in [2.75, 3.05) is 20.8 Å². The van der Waals surface area contributed by atoms with Gasteiger partial charge in [0.15, 0.2) is 0 Å². The van der Waals surface area contributed by atoms with Crippen LogP contribution in [-0.2, 0) is 11.2 Å². The van der Waals surface area contributed by atoms with Crippen LogP contribution in [0.2, 0.25) is 0 Å². The molecule has 1 aromatic rings. The number of hydrogen-bond donors (Lipinski definition) is 1. The number of nitrogens with one attached hydrogen (secondary N) is 1. The van der Waals surface area contributed by atoms with E-state index in [0.717, 1.165) is 31.6 Å². The summed E-state index contributed by atoms with van der Waals surface area (Å²) in [5.41, 5.74) is 2.74. The van der Waals surface area contributed by atoms with E-state index in [9.17, 15) is 0 Å². The van der Waals surface area contributed by atoms with Gasteiger partial charge in [0.1, 0.15) is 5.75 Å². The Morgan fingerprint density at radius 2 is 2.15 bits per heavy atom. The molecular weight excluding hydrogens is 250 g/mol. The standard InChI is InChI=1S/C17H27NO2/c1-12(2)9-10-20-16-8-6-13-5-7-14(19-4)11-15(13)17(16)18-3/h5,7,11-12,16-18H,6,8-10H2,1-4H3. The molecule has 2 unspecified atom stereocenters. The van der Waals surface area contributed by atoms with Gasteiger partial charge in [-0.2, -0.15) is 0 Å². The summed E-state index contributed by atoms with van der Waals surface area (Å²) in [6.07, 6.45) is 3.56. The smallest absolute Gasteiger partial charge is 0.119 e. The fourth-order valence-corrected chi connectivity index (χ4v) is 2.86. The van der Waals surface area contributed by atoms with E-state index >= 15 is 0 Å². The third-order valence-electron chi connectivity index (χ3n) is 4.10. The van der Waals surface area contributed by atoms with E-state index in [2.05, 4.69) is 31.3 Å². The average Bonchev–Trinajstić information content (AvgIpc) is 2.45. The van der Waals surface area contributed by atoms with Gasteiger partial charge < -0.3 is 14.8 Å². The lowest BCUT2D eigenvalue weighted by Gasteiger charge is -2.33. The Morgan fingerprint density at radius 1 is 1.35 bits per heavy atom. The van der Waals surface area contributed by atoms with E-state index in [1.54, 1.807) is 7.11 Å². The van der Waals surface area contributed by atoms with E-state index in [0.29, 0.717) is 5.92 Å². The zero-order valence-electron chi connectivity index (χ0n) is 13.1. The Hall–Kier alpha value is -1.06.